The normalized spacial score (nSPS) is 15.2. The van der Waals surface area contributed by atoms with E-state index in [2.05, 4.69) is 41.4 Å². The fourth-order valence-electron chi connectivity index (χ4n) is 4.14. The Labute approximate surface area is 236 Å². The van der Waals surface area contributed by atoms with Gasteiger partial charge in [-0.1, -0.05) is 17.4 Å². The number of piperidine rings is 1. The van der Waals surface area contributed by atoms with Crippen molar-refractivity contribution in [2.24, 2.45) is 0 Å². The number of nitrogen functional groups attached to an aromatic ring is 1. The molecule has 4 N–H and O–H groups in total. The van der Waals surface area contributed by atoms with Crippen LogP contribution in [0.15, 0.2) is 41.4 Å². The third-order valence-electron chi connectivity index (χ3n) is 6.19. The molecule has 0 unspecified atom stereocenters. The Morgan fingerprint density at radius 2 is 1.85 bits per heavy atom. The number of ether oxygens (including phenoxy) is 1. The average Bonchev–Trinajstić information content (AvgIpc) is 3.26. The van der Waals surface area contributed by atoms with E-state index in [9.17, 15) is 22.0 Å². The number of halogens is 2. The van der Waals surface area contributed by atoms with Crippen molar-refractivity contribution in [1.29, 1.82) is 0 Å². The van der Waals surface area contributed by atoms with Crippen molar-refractivity contribution in [2.45, 2.75) is 50.1 Å². The number of rotatable bonds is 10. The highest BCUT2D eigenvalue weighted by atomic mass is 32.2. The maximum absolute atomic E-state index is 14.1. The molecule has 3 heterocycles. The number of carbonyl (C=O) groups excluding carboxylic acids is 1. The zero-order chi connectivity index (χ0) is 29.1. The van der Waals surface area contributed by atoms with Crippen LogP contribution in [-0.4, -0.2) is 66.3 Å². The highest BCUT2D eigenvalue weighted by Crippen LogP contribution is 2.31. The third-order valence-corrected chi connectivity index (χ3v) is 9.07. The highest BCUT2D eigenvalue weighted by Gasteiger charge is 2.31. The second-order valence-electron chi connectivity index (χ2n) is 10.3. The molecule has 1 aromatic carbocycles. The second kappa shape index (κ2) is 12.1. The Morgan fingerprint density at radius 3 is 2.45 bits per heavy atom. The molecule has 216 valence electrons. The number of thiazole rings is 1. The van der Waals surface area contributed by atoms with Gasteiger partial charge in [-0.15, -0.1) is 0 Å². The lowest BCUT2D eigenvalue weighted by Gasteiger charge is -2.31. The summed E-state index contributed by atoms with van der Waals surface area (Å²) >= 11 is 0.900. The lowest BCUT2D eigenvalue weighted by Crippen LogP contribution is -2.42. The first-order valence-electron chi connectivity index (χ1n) is 12.7. The van der Waals surface area contributed by atoms with E-state index in [1.54, 1.807) is 0 Å². The Morgan fingerprint density at radius 1 is 1.18 bits per heavy atom. The van der Waals surface area contributed by atoms with Gasteiger partial charge in [-0.3, -0.25) is 4.79 Å². The number of hydrogen-bond donors (Lipinski definition) is 3. The fourth-order valence-corrected chi connectivity index (χ4v) is 6.46. The van der Waals surface area contributed by atoms with Gasteiger partial charge in [0.1, 0.15) is 33.8 Å². The number of pyridine rings is 1. The van der Waals surface area contributed by atoms with Crippen molar-refractivity contribution in [3.63, 3.8) is 0 Å². The molecule has 0 aliphatic carbocycles. The van der Waals surface area contributed by atoms with Gasteiger partial charge in [-0.25, -0.2) is 27.2 Å². The molecule has 14 heteroatoms. The molecule has 0 atom stereocenters. The molecule has 2 aromatic heterocycles. The molecule has 40 heavy (non-hydrogen) atoms. The van der Waals surface area contributed by atoms with Crippen molar-refractivity contribution in [3.05, 3.63) is 58.6 Å². The molecule has 1 aliphatic rings. The first kappa shape index (κ1) is 29.8. The number of nitrogens with one attached hydrogen (secondary N) is 2. The van der Waals surface area contributed by atoms with Gasteiger partial charge >= 0.3 is 0 Å². The van der Waals surface area contributed by atoms with E-state index in [0.29, 0.717) is 37.0 Å². The van der Waals surface area contributed by atoms with Crippen molar-refractivity contribution >= 4 is 38.1 Å². The molecule has 0 amide bonds. The summed E-state index contributed by atoms with van der Waals surface area (Å²) < 4.78 is 61.4. The van der Waals surface area contributed by atoms with Crippen LogP contribution in [0, 0.1) is 11.6 Å². The molecule has 10 nitrogen and oxygen atoms in total. The van der Waals surface area contributed by atoms with E-state index < -0.39 is 33.0 Å². The van der Waals surface area contributed by atoms with Gasteiger partial charge in [0.25, 0.3) is 0 Å². The number of aromatic nitrogens is 2. The summed E-state index contributed by atoms with van der Waals surface area (Å²) in [5, 5.41) is 6.78. The summed E-state index contributed by atoms with van der Waals surface area (Å²) in [5.74, 6) is -2.63. The molecule has 0 saturated carbocycles. The molecule has 1 aliphatic heterocycles. The number of benzene rings is 1. The SMILES string of the molecule is CC(C)(C)NCCOc1ccc(S(=O)(=O)N2CCC(Nc3nc(N)c(C(=O)c4c(F)cccc4F)s3)CC2)cn1. The van der Waals surface area contributed by atoms with E-state index in [1.165, 1.54) is 28.7 Å². The predicted octanol–water partition coefficient (Wildman–Crippen LogP) is 3.66. The van der Waals surface area contributed by atoms with Gasteiger partial charge in [0.05, 0.1) is 11.8 Å². The number of hydrogen-bond acceptors (Lipinski definition) is 10. The van der Waals surface area contributed by atoms with E-state index in [0.717, 1.165) is 23.5 Å². The molecule has 0 radical (unpaired) electrons. The monoisotopic (exact) mass is 594 g/mol. The van der Waals surface area contributed by atoms with Crippen molar-refractivity contribution in [3.8, 4) is 5.88 Å². The summed E-state index contributed by atoms with van der Waals surface area (Å²) in [6, 6.07) is 6.05. The van der Waals surface area contributed by atoms with Crippen LogP contribution in [0.4, 0.5) is 19.7 Å². The number of nitrogens with zero attached hydrogens (tertiary/aromatic N) is 3. The first-order valence-corrected chi connectivity index (χ1v) is 15.0. The van der Waals surface area contributed by atoms with Crippen molar-refractivity contribution in [2.75, 3.05) is 37.3 Å². The quantitative estimate of drug-likeness (QED) is 0.237. The molecule has 1 saturated heterocycles. The molecule has 4 rings (SSSR count). The van der Waals surface area contributed by atoms with E-state index in [-0.39, 0.29) is 40.3 Å². The summed E-state index contributed by atoms with van der Waals surface area (Å²) in [7, 11) is -3.75. The minimum Gasteiger partial charge on any atom is -0.476 e. The van der Waals surface area contributed by atoms with Gasteiger partial charge in [0.15, 0.2) is 5.13 Å². The van der Waals surface area contributed by atoms with Crippen LogP contribution in [0.5, 0.6) is 5.88 Å². The number of anilines is 2. The van der Waals surface area contributed by atoms with Gasteiger partial charge in [-0.05, 0) is 51.8 Å². The Bertz CT molecular complexity index is 1430. The number of carbonyl (C=O) groups is 1. The molecule has 1 fully saturated rings. The summed E-state index contributed by atoms with van der Waals surface area (Å²) in [6.07, 6.45) is 2.24. The molecular weight excluding hydrogens is 562 g/mol. The van der Waals surface area contributed by atoms with Crippen LogP contribution in [0.25, 0.3) is 0 Å². The van der Waals surface area contributed by atoms with Crippen LogP contribution >= 0.6 is 11.3 Å². The Hall–Kier alpha value is -3.20. The third kappa shape index (κ3) is 7.11. The Kier molecular flexibility index (Phi) is 9.02. The standard InChI is InChI=1S/C26H32F2N6O4S2/c1-26(2,3)31-11-14-38-20-8-7-17(15-30-20)40(36,37)34-12-9-16(10-13-34)32-25-33-24(29)23(39-25)22(35)21-18(27)5-4-6-19(21)28/h4-8,15-16,31H,9-14,29H2,1-3H3,(H,32,33). The minimum absolute atomic E-state index is 0.0307. The summed E-state index contributed by atoms with van der Waals surface area (Å²) in [6.45, 7) is 7.69. The predicted molar refractivity (Wildman–Crippen MR) is 149 cm³/mol. The van der Waals surface area contributed by atoms with E-state index >= 15 is 0 Å². The minimum atomic E-state index is -3.75. The maximum Gasteiger partial charge on any atom is 0.244 e. The zero-order valence-electron chi connectivity index (χ0n) is 22.4. The van der Waals surface area contributed by atoms with Crippen LogP contribution in [0.3, 0.4) is 0 Å². The number of nitrogens with two attached hydrogens (primary N) is 1. The smallest absolute Gasteiger partial charge is 0.244 e. The average molecular weight is 595 g/mol. The second-order valence-corrected chi connectivity index (χ2v) is 13.3. The van der Waals surface area contributed by atoms with Crippen LogP contribution in [-0.2, 0) is 10.0 Å². The molecule has 3 aromatic rings. The zero-order valence-corrected chi connectivity index (χ0v) is 24.0. The van der Waals surface area contributed by atoms with E-state index in [4.69, 9.17) is 10.5 Å². The van der Waals surface area contributed by atoms with Crippen LogP contribution < -0.4 is 21.1 Å². The van der Waals surface area contributed by atoms with Crippen molar-refractivity contribution in [1.82, 2.24) is 19.6 Å². The number of ketones is 1. The molecular formula is C26H32F2N6O4S2. The van der Waals surface area contributed by atoms with Gasteiger partial charge in [0.2, 0.25) is 21.7 Å². The fraction of sp³-hybridized carbons (Fsp3) is 0.423. The highest BCUT2D eigenvalue weighted by molar-refractivity contribution is 7.89. The lowest BCUT2D eigenvalue weighted by atomic mass is 10.1. The lowest BCUT2D eigenvalue weighted by molar-refractivity contribution is 0.103. The van der Waals surface area contributed by atoms with E-state index in [1.807, 2.05) is 0 Å². The summed E-state index contributed by atoms with van der Waals surface area (Å²) in [4.78, 5) is 21.0. The largest absolute Gasteiger partial charge is 0.476 e. The molecule has 0 bridgehead atoms. The Balaban J connectivity index is 1.32. The first-order chi connectivity index (χ1) is 18.8. The van der Waals surface area contributed by atoms with Crippen molar-refractivity contribution < 1.29 is 26.7 Å². The van der Waals surface area contributed by atoms with Gasteiger partial charge < -0.3 is 21.1 Å². The molecule has 0 spiro atoms. The van der Waals surface area contributed by atoms with Crippen LogP contribution in [0.2, 0.25) is 0 Å². The summed E-state index contributed by atoms with van der Waals surface area (Å²) in [5.41, 5.74) is 5.16. The number of sulfonamides is 1. The van der Waals surface area contributed by atoms with Gasteiger partial charge in [-0.2, -0.15) is 4.31 Å². The van der Waals surface area contributed by atoms with Crippen LogP contribution in [0.1, 0.15) is 48.8 Å². The maximum atomic E-state index is 14.1. The topological polar surface area (TPSA) is 140 Å². The van der Waals surface area contributed by atoms with Gasteiger partial charge in [0, 0.05) is 37.3 Å².